The average molecular weight is 353 g/mol. The molecule has 0 saturated heterocycles. The molecular formula is C15H17BrN2OS. The van der Waals surface area contributed by atoms with Crippen LogP contribution >= 0.6 is 27.3 Å². The number of hydrogen-bond donors (Lipinski definition) is 1. The SMILES string of the molecule is CNC1(c2cccc(OC)c2)CCc2nc(Br)sc2C1. The van der Waals surface area contributed by atoms with Crippen molar-refractivity contribution in [3.8, 4) is 5.75 Å². The van der Waals surface area contributed by atoms with Crippen LogP contribution in [0.3, 0.4) is 0 Å². The molecule has 0 radical (unpaired) electrons. The van der Waals surface area contributed by atoms with Crippen molar-refractivity contribution < 1.29 is 4.74 Å². The highest BCUT2D eigenvalue weighted by atomic mass is 79.9. The third-order valence-corrected chi connectivity index (χ3v) is 5.65. The van der Waals surface area contributed by atoms with E-state index in [1.165, 1.54) is 16.1 Å². The van der Waals surface area contributed by atoms with Crippen LogP contribution in [0.5, 0.6) is 5.75 Å². The molecule has 0 fully saturated rings. The smallest absolute Gasteiger partial charge is 0.159 e. The quantitative estimate of drug-likeness (QED) is 0.917. The van der Waals surface area contributed by atoms with Crippen molar-refractivity contribution in [2.45, 2.75) is 24.8 Å². The average Bonchev–Trinajstić information content (AvgIpc) is 2.86. The second kappa shape index (κ2) is 5.47. The Kier molecular flexibility index (Phi) is 3.84. The number of halogens is 1. The number of benzene rings is 1. The summed E-state index contributed by atoms with van der Waals surface area (Å²) in [5, 5.41) is 3.54. The molecule has 20 heavy (non-hydrogen) atoms. The zero-order valence-electron chi connectivity index (χ0n) is 11.6. The lowest BCUT2D eigenvalue weighted by atomic mass is 9.78. The van der Waals surface area contributed by atoms with Gasteiger partial charge in [-0.1, -0.05) is 12.1 Å². The molecule has 0 aliphatic heterocycles. The van der Waals surface area contributed by atoms with E-state index in [-0.39, 0.29) is 5.54 Å². The maximum atomic E-state index is 5.36. The van der Waals surface area contributed by atoms with Gasteiger partial charge in [0.05, 0.1) is 12.8 Å². The lowest BCUT2D eigenvalue weighted by Gasteiger charge is -2.37. The van der Waals surface area contributed by atoms with Crippen molar-refractivity contribution in [3.05, 3.63) is 44.3 Å². The fourth-order valence-corrected chi connectivity index (χ4v) is 4.65. The number of nitrogens with one attached hydrogen (secondary N) is 1. The first-order valence-corrected chi connectivity index (χ1v) is 8.25. The van der Waals surface area contributed by atoms with E-state index in [4.69, 9.17) is 4.74 Å². The lowest BCUT2D eigenvalue weighted by molar-refractivity contribution is 0.313. The van der Waals surface area contributed by atoms with Crippen LogP contribution in [0, 0.1) is 0 Å². The zero-order valence-corrected chi connectivity index (χ0v) is 14.0. The topological polar surface area (TPSA) is 34.1 Å². The van der Waals surface area contributed by atoms with Gasteiger partial charge in [0.25, 0.3) is 0 Å². The van der Waals surface area contributed by atoms with Crippen molar-refractivity contribution >= 4 is 27.3 Å². The van der Waals surface area contributed by atoms with Gasteiger partial charge >= 0.3 is 0 Å². The Hall–Kier alpha value is -0.910. The number of nitrogens with zero attached hydrogens (tertiary/aromatic N) is 1. The monoisotopic (exact) mass is 352 g/mol. The van der Waals surface area contributed by atoms with Crippen LogP contribution in [-0.4, -0.2) is 19.1 Å². The lowest BCUT2D eigenvalue weighted by Crippen LogP contribution is -2.44. The Labute approximate surface area is 131 Å². The number of thiazole rings is 1. The van der Waals surface area contributed by atoms with Gasteiger partial charge in [-0.05, 0) is 53.5 Å². The fourth-order valence-electron chi connectivity index (χ4n) is 2.90. The van der Waals surface area contributed by atoms with Gasteiger partial charge in [0, 0.05) is 16.8 Å². The van der Waals surface area contributed by atoms with E-state index in [1.807, 2.05) is 13.1 Å². The highest BCUT2D eigenvalue weighted by Gasteiger charge is 2.36. The molecule has 1 aliphatic carbocycles. The standard InChI is InChI=1S/C15H17BrN2OS/c1-17-15(10-4-3-5-11(8-10)19-2)7-6-12-13(9-15)20-14(16)18-12/h3-5,8,17H,6-7,9H2,1-2H3. The number of likely N-dealkylation sites (N-methyl/N-ethyl adjacent to an activating group) is 1. The minimum absolute atomic E-state index is 0.0203. The molecule has 1 aromatic carbocycles. The molecule has 0 spiro atoms. The molecule has 1 atom stereocenters. The van der Waals surface area contributed by atoms with E-state index in [0.717, 1.165) is 28.9 Å². The highest BCUT2D eigenvalue weighted by Crippen LogP contribution is 2.40. The normalized spacial score (nSPS) is 21.6. The van der Waals surface area contributed by atoms with Crippen LogP contribution in [0.4, 0.5) is 0 Å². The van der Waals surface area contributed by atoms with Gasteiger partial charge in [0.2, 0.25) is 0 Å². The third kappa shape index (κ3) is 2.38. The second-order valence-corrected chi connectivity index (χ2v) is 7.44. The Bertz CT molecular complexity index is 628. The molecule has 2 aromatic rings. The number of hydrogen-bond acceptors (Lipinski definition) is 4. The molecule has 0 amide bonds. The third-order valence-electron chi connectivity index (χ3n) is 4.10. The number of rotatable bonds is 3. The van der Waals surface area contributed by atoms with Gasteiger partial charge < -0.3 is 10.1 Å². The van der Waals surface area contributed by atoms with E-state index in [2.05, 4.69) is 44.4 Å². The van der Waals surface area contributed by atoms with Crippen molar-refractivity contribution in [1.29, 1.82) is 0 Å². The van der Waals surface area contributed by atoms with Gasteiger partial charge in [-0.25, -0.2) is 4.98 Å². The second-order valence-electron chi connectivity index (χ2n) is 5.08. The first-order chi connectivity index (χ1) is 9.66. The van der Waals surface area contributed by atoms with E-state index in [1.54, 1.807) is 18.4 Å². The summed E-state index contributed by atoms with van der Waals surface area (Å²) in [5.41, 5.74) is 2.51. The van der Waals surface area contributed by atoms with Gasteiger partial charge in [-0.3, -0.25) is 0 Å². The predicted molar refractivity (Wildman–Crippen MR) is 85.6 cm³/mol. The maximum Gasteiger partial charge on any atom is 0.159 e. The largest absolute Gasteiger partial charge is 0.497 e. The van der Waals surface area contributed by atoms with Crippen molar-refractivity contribution in [2.75, 3.05) is 14.2 Å². The van der Waals surface area contributed by atoms with E-state index >= 15 is 0 Å². The number of ether oxygens (including phenoxy) is 1. The summed E-state index contributed by atoms with van der Waals surface area (Å²) in [4.78, 5) is 5.94. The molecule has 1 unspecified atom stereocenters. The van der Waals surface area contributed by atoms with Crippen molar-refractivity contribution in [1.82, 2.24) is 10.3 Å². The van der Waals surface area contributed by atoms with E-state index in [9.17, 15) is 0 Å². The summed E-state index contributed by atoms with van der Waals surface area (Å²) < 4.78 is 6.35. The first kappa shape index (κ1) is 14.0. The first-order valence-electron chi connectivity index (χ1n) is 6.64. The number of aryl methyl sites for hydroxylation is 1. The van der Waals surface area contributed by atoms with Crippen molar-refractivity contribution in [2.24, 2.45) is 0 Å². The molecule has 0 saturated carbocycles. The molecule has 3 nitrogen and oxygen atoms in total. The number of methoxy groups -OCH3 is 1. The fraction of sp³-hybridized carbons (Fsp3) is 0.400. The Morgan fingerprint density at radius 3 is 3.05 bits per heavy atom. The molecular weight excluding hydrogens is 336 g/mol. The number of aromatic nitrogens is 1. The van der Waals surface area contributed by atoms with Crippen LogP contribution < -0.4 is 10.1 Å². The van der Waals surface area contributed by atoms with E-state index in [0.29, 0.717) is 0 Å². The minimum Gasteiger partial charge on any atom is -0.497 e. The highest BCUT2D eigenvalue weighted by molar-refractivity contribution is 9.11. The van der Waals surface area contributed by atoms with Gasteiger partial charge in [0.1, 0.15) is 5.75 Å². The molecule has 0 bridgehead atoms. The Balaban J connectivity index is 2.00. The van der Waals surface area contributed by atoms with Crippen molar-refractivity contribution in [3.63, 3.8) is 0 Å². The molecule has 1 heterocycles. The molecule has 1 aliphatic rings. The minimum atomic E-state index is -0.0203. The summed E-state index contributed by atoms with van der Waals surface area (Å²) in [5.74, 6) is 0.911. The van der Waals surface area contributed by atoms with Gasteiger partial charge in [-0.15, -0.1) is 11.3 Å². The predicted octanol–water partition coefficient (Wildman–Crippen LogP) is 3.52. The molecule has 5 heteroatoms. The molecule has 106 valence electrons. The zero-order chi connectivity index (χ0) is 14.2. The summed E-state index contributed by atoms with van der Waals surface area (Å²) in [7, 11) is 3.75. The Morgan fingerprint density at radius 1 is 1.45 bits per heavy atom. The van der Waals surface area contributed by atoms with Crippen LogP contribution in [0.25, 0.3) is 0 Å². The molecule has 1 aromatic heterocycles. The summed E-state index contributed by atoms with van der Waals surface area (Å²) in [6, 6.07) is 8.37. The van der Waals surface area contributed by atoms with E-state index < -0.39 is 0 Å². The number of fused-ring (bicyclic) bond motifs is 1. The molecule has 3 rings (SSSR count). The van der Waals surface area contributed by atoms with Crippen LogP contribution in [0.2, 0.25) is 0 Å². The van der Waals surface area contributed by atoms with Gasteiger partial charge in [-0.2, -0.15) is 0 Å². The summed E-state index contributed by atoms with van der Waals surface area (Å²) in [6.45, 7) is 0. The van der Waals surface area contributed by atoms with Gasteiger partial charge in [0.15, 0.2) is 3.92 Å². The summed E-state index contributed by atoms with van der Waals surface area (Å²) in [6.07, 6.45) is 3.05. The maximum absolute atomic E-state index is 5.36. The Morgan fingerprint density at radius 2 is 2.30 bits per heavy atom. The van der Waals surface area contributed by atoms with Crippen LogP contribution in [0.1, 0.15) is 22.6 Å². The molecule has 1 N–H and O–H groups in total. The van der Waals surface area contributed by atoms with Crippen LogP contribution in [-0.2, 0) is 18.4 Å². The summed E-state index contributed by atoms with van der Waals surface area (Å²) >= 11 is 5.24. The van der Waals surface area contributed by atoms with Crippen LogP contribution in [0.15, 0.2) is 28.2 Å².